The van der Waals surface area contributed by atoms with E-state index in [0.29, 0.717) is 0 Å². The highest BCUT2D eigenvalue weighted by molar-refractivity contribution is 6.15. The molecule has 4 aromatic carbocycles. The highest BCUT2D eigenvalue weighted by atomic mass is 16.3. The van der Waals surface area contributed by atoms with Crippen LogP contribution in [0.2, 0.25) is 0 Å². The Balaban J connectivity index is 0.000000424. The van der Waals surface area contributed by atoms with Gasteiger partial charge in [-0.15, -0.1) is 0 Å². The fraction of sp³-hybridized carbons (Fsp3) is 0.111. The summed E-state index contributed by atoms with van der Waals surface area (Å²) in [6.45, 7) is 24.2. The highest BCUT2D eigenvalue weighted by Gasteiger charge is 2.13. The molecular formula is C54H62N4O2. The van der Waals surface area contributed by atoms with Gasteiger partial charge in [0.05, 0.1) is 0 Å². The van der Waals surface area contributed by atoms with E-state index in [-0.39, 0.29) is 0 Å². The van der Waals surface area contributed by atoms with E-state index < -0.39 is 0 Å². The predicted molar refractivity (Wildman–Crippen MR) is 267 cm³/mol. The number of hydrogen-bond donors (Lipinski definition) is 4. The van der Waals surface area contributed by atoms with E-state index >= 15 is 0 Å². The fourth-order valence-electron chi connectivity index (χ4n) is 5.44. The standard InChI is InChI=1S/C20H14O2.C16H21N.C11H13N.C5H8.2CH3N/c1-11-3-5-13-15-9-16-14-6-4-12(2)8-18(14)22-20(16)10-19(15)21-17(13)7-11;1-4-7-8-9-10-11-14-16(17)15(12-5-2)13-6-3;1-2-3-9-11(12)10-7-5-4-6-8-10;1-3-5-4-2;2*1-2/h3-10H,1-2H3;4-14H,2,17H2,1,3H3;2-9H,12H2,1H3;3-5H,1H2,2H3;2*2H,1H2/b;7-4+,9-8-,11-10-,13-6-,15-12+,16-14-;3-2-,11-9-;5-4+;;. The normalized spacial score (nSPS) is 11.9. The molecule has 0 unspecified atom stereocenters. The number of nitrogens with one attached hydrogen (secondary N) is 2. The lowest BCUT2D eigenvalue weighted by Gasteiger charge is -1.99. The van der Waals surface area contributed by atoms with Crippen LogP contribution in [0.15, 0.2) is 215 Å². The number of hydrogen-bond acceptors (Lipinski definition) is 6. The maximum atomic E-state index is 6.00. The minimum absolute atomic E-state index is 0.721. The molecule has 2 heterocycles. The van der Waals surface area contributed by atoms with Gasteiger partial charge in [-0.3, -0.25) is 0 Å². The molecule has 0 saturated heterocycles. The SMILES string of the molecule is C/C=C\C=C(/N)c1ccccc1.C=C/C=C(\C=C/C)C(/N)=C/C=C\C=C/C=C/C.C=C/C=C/C.C=N.C=N.Cc1ccc2c(c1)oc1cc3oc4cc(C)ccc4c3cc12. The van der Waals surface area contributed by atoms with Crippen LogP contribution in [0.4, 0.5) is 0 Å². The summed E-state index contributed by atoms with van der Waals surface area (Å²) in [7, 11) is 0. The van der Waals surface area contributed by atoms with Crippen molar-refractivity contribution in [3.8, 4) is 0 Å². The predicted octanol–water partition coefficient (Wildman–Crippen LogP) is 15.2. The Morgan fingerprint density at radius 3 is 1.47 bits per heavy atom. The first-order valence-electron chi connectivity index (χ1n) is 19.4. The van der Waals surface area contributed by atoms with Gasteiger partial charge in [-0.1, -0.05) is 159 Å². The summed E-state index contributed by atoms with van der Waals surface area (Å²) in [5.74, 6) is 0. The van der Waals surface area contributed by atoms with Crippen molar-refractivity contribution in [3.63, 3.8) is 0 Å². The van der Waals surface area contributed by atoms with E-state index in [1.807, 2.05) is 155 Å². The lowest BCUT2D eigenvalue weighted by Crippen LogP contribution is -1.98. The maximum Gasteiger partial charge on any atom is 0.139 e. The van der Waals surface area contributed by atoms with Crippen LogP contribution in [-0.4, -0.2) is 13.4 Å². The van der Waals surface area contributed by atoms with Crippen molar-refractivity contribution in [1.82, 2.24) is 0 Å². The van der Waals surface area contributed by atoms with Crippen LogP contribution in [0.25, 0.3) is 49.6 Å². The lowest BCUT2D eigenvalue weighted by molar-refractivity contribution is 0.656. The summed E-state index contributed by atoms with van der Waals surface area (Å²) in [6, 6.07) is 26.8. The quantitative estimate of drug-likeness (QED) is 0.0858. The first-order chi connectivity index (χ1) is 29.2. The van der Waals surface area contributed by atoms with E-state index in [2.05, 4.69) is 82.9 Å². The zero-order valence-electron chi connectivity index (χ0n) is 36.1. The minimum Gasteiger partial charge on any atom is -0.456 e. The Labute approximate surface area is 357 Å². The van der Waals surface area contributed by atoms with Gasteiger partial charge in [0.1, 0.15) is 22.3 Å². The van der Waals surface area contributed by atoms with Gasteiger partial charge in [0.25, 0.3) is 0 Å². The van der Waals surface area contributed by atoms with E-state index in [9.17, 15) is 0 Å². The largest absolute Gasteiger partial charge is 0.456 e. The van der Waals surface area contributed by atoms with Crippen molar-refractivity contribution in [2.75, 3.05) is 0 Å². The summed E-state index contributed by atoms with van der Waals surface area (Å²) < 4.78 is 12.0. The number of furan rings is 2. The molecule has 6 rings (SSSR count). The third kappa shape index (κ3) is 16.6. The summed E-state index contributed by atoms with van der Waals surface area (Å²) >= 11 is 0. The van der Waals surface area contributed by atoms with Gasteiger partial charge in [-0.25, -0.2) is 0 Å². The molecule has 0 bridgehead atoms. The van der Waals surface area contributed by atoms with E-state index in [1.165, 1.54) is 11.1 Å². The van der Waals surface area contributed by atoms with E-state index in [1.54, 1.807) is 12.2 Å². The van der Waals surface area contributed by atoms with Gasteiger partial charge < -0.3 is 31.1 Å². The Morgan fingerprint density at radius 1 is 0.500 bits per heavy atom. The Hall–Kier alpha value is -7.44. The summed E-state index contributed by atoms with van der Waals surface area (Å²) in [5, 5.41) is 15.6. The molecule has 0 atom stereocenters. The number of rotatable bonds is 9. The van der Waals surface area contributed by atoms with E-state index in [0.717, 1.165) is 66.4 Å². The first-order valence-corrected chi connectivity index (χ1v) is 19.4. The summed E-state index contributed by atoms with van der Waals surface area (Å²) in [4.78, 5) is 0. The maximum absolute atomic E-state index is 6.00. The van der Waals surface area contributed by atoms with Crippen molar-refractivity contribution >= 4 is 63.0 Å². The van der Waals surface area contributed by atoms with Crippen LogP contribution in [0.5, 0.6) is 0 Å². The molecule has 0 spiro atoms. The van der Waals surface area contributed by atoms with Crippen LogP contribution in [-0.2, 0) is 0 Å². The number of allylic oxidation sites excluding steroid dienone is 17. The zero-order chi connectivity index (χ0) is 44.7. The third-order valence-electron chi connectivity index (χ3n) is 8.17. The fourth-order valence-corrected chi connectivity index (χ4v) is 5.44. The molecule has 310 valence electrons. The van der Waals surface area contributed by atoms with Gasteiger partial charge in [0.2, 0.25) is 0 Å². The van der Waals surface area contributed by atoms with Gasteiger partial charge in [0, 0.05) is 39.0 Å². The molecule has 2 aromatic heterocycles. The Kier molecular flexibility index (Phi) is 25.1. The molecule has 0 amide bonds. The van der Waals surface area contributed by atoms with Crippen LogP contribution in [0.3, 0.4) is 0 Å². The molecule has 6 heteroatoms. The summed E-state index contributed by atoms with van der Waals surface area (Å²) in [5.41, 5.74) is 21.3. The van der Waals surface area contributed by atoms with Gasteiger partial charge >= 0.3 is 0 Å². The average molecular weight is 799 g/mol. The van der Waals surface area contributed by atoms with Crippen molar-refractivity contribution in [2.45, 2.75) is 41.5 Å². The monoisotopic (exact) mass is 798 g/mol. The number of benzene rings is 4. The zero-order valence-corrected chi connectivity index (χ0v) is 36.1. The number of aryl methyl sites for hydroxylation is 2. The smallest absolute Gasteiger partial charge is 0.139 e. The second kappa shape index (κ2) is 29.8. The van der Waals surface area contributed by atoms with Crippen LogP contribution >= 0.6 is 0 Å². The molecule has 0 radical (unpaired) electrons. The average Bonchev–Trinajstić information content (AvgIpc) is 3.81. The molecule has 6 N–H and O–H groups in total. The summed E-state index contributed by atoms with van der Waals surface area (Å²) in [6.07, 6.45) is 32.5. The molecule has 6 nitrogen and oxygen atoms in total. The van der Waals surface area contributed by atoms with Crippen molar-refractivity contribution in [1.29, 1.82) is 10.8 Å². The topological polar surface area (TPSA) is 126 Å². The van der Waals surface area contributed by atoms with Gasteiger partial charge in [-0.2, -0.15) is 0 Å². The second-order valence-electron chi connectivity index (χ2n) is 12.6. The third-order valence-corrected chi connectivity index (χ3v) is 8.17. The van der Waals surface area contributed by atoms with Crippen LogP contribution in [0.1, 0.15) is 44.4 Å². The van der Waals surface area contributed by atoms with E-state index in [4.69, 9.17) is 31.1 Å². The Morgan fingerprint density at radius 2 is 1.00 bits per heavy atom. The Bertz CT molecular complexity index is 2420. The van der Waals surface area contributed by atoms with Crippen molar-refractivity contribution < 1.29 is 8.83 Å². The lowest BCUT2D eigenvalue weighted by atomic mass is 10.1. The van der Waals surface area contributed by atoms with Crippen molar-refractivity contribution in [2.24, 2.45) is 11.5 Å². The molecule has 0 aliphatic heterocycles. The minimum atomic E-state index is 0.721. The van der Waals surface area contributed by atoms with Crippen molar-refractivity contribution in [3.05, 3.63) is 223 Å². The highest BCUT2D eigenvalue weighted by Crippen LogP contribution is 2.37. The molecule has 60 heavy (non-hydrogen) atoms. The molecule has 6 aromatic rings. The van der Waals surface area contributed by atoms with Crippen LogP contribution in [0, 0.1) is 24.7 Å². The first kappa shape index (κ1) is 50.6. The molecular weight excluding hydrogens is 737 g/mol. The molecule has 0 fully saturated rings. The van der Waals surface area contributed by atoms with Crippen LogP contribution < -0.4 is 11.5 Å². The number of nitrogens with two attached hydrogens (primary N) is 2. The number of fused-ring (bicyclic) bond motifs is 6. The van der Waals surface area contributed by atoms with Gasteiger partial charge in [-0.05, 0) is 108 Å². The molecule has 0 aliphatic rings. The molecule has 0 saturated carbocycles. The van der Waals surface area contributed by atoms with Gasteiger partial charge in [0.15, 0.2) is 0 Å². The molecule has 0 aliphatic carbocycles. The second-order valence-corrected chi connectivity index (χ2v) is 12.6.